The van der Waals surface area contributed by atoms with Crippen molar-refractivity contribution >= 4 is 5.97 Å². The Balaban J connectivity index is 2.29. The van der Waals surface area contributed by atoms with Gasteiger partial charge in [-0.25, -0.2) is 4.79 Å². The highest BCUT2D eigenvalue weighted by Crippen LogP contribution is 2.61. The van der Waals surface area contributed by atoms with Gasteiger partial charge < -0.3 is 10.2 Å². The van der Waals surface area contributed by atoms with Crippen molar-refractivity contribution in [2.45, 2.75) is 65.9 Å². The van der Waals surface area contributed by atoms with E-state index in [1.807, 2.05) is 13.0 Å². The average Bonchev–Trinajstić information content (AvgIpc) is 2.44. The first kappa shape index (κ1) is 18.0. The van der Waals surface area contributed by atoms with Crippen LogP contribution in [0.5, 0.6) is 0 Å². The summed E-state index contributed by atoms with van der Waals surface area (Å²) in [5.74, 6) is -0.527. The van der Waals surface area contributed by atoms with Crippen LogP contribution in [0.15, 0.2) is 35.5 Å². The largest absolute Gasteiger partial charge is 0.478 e. The lowest BCUT2D eigenvalue weighted by atomic mass is 9.48. The molecule has 2 rings (SSSR count). The van der Waals surface area contributed by atoms with Crippen molar-refractivity contribution in [1.29, 1.82) is 0 Å². The summed E-state index contributed by atoms with van der Waals surface area (Å²) in [6.07, 6.45) is 7.45. The molecule has 4 atom stereocenters. The molecule has 1 saturated carbocycles. The quantitative estimate of drug-likeness (QED) is 0.593. The van der Waals surface area contributed by atoms with Gasteiger partial charge in [0.25, 0.3) is 0 Å². The number of fused-ring (bicyclic) bond motifs is 1. The normalized spacial score (nSPS) is 38.0. The topological polar surface area (TPSA) is 57.5 Å². The summed E-state index contributed by atoms with van der Waals surface area (Å²) in [6, 6.07) is 0. The van der Waals surface area contributed by atoms with Crippen LogP contribution in [0.3, 0.4) is 0 Å². The zero-order chi connectivity index (χ0) is 17.4. The van der Waals surface area contributed by atoms with Gasteiger partial charge in [0.15, 0.2) is 0 Å². The van der Waals surface area contributed by atoms with E-state index >= 15 is 0 Å². The van der Waals surface area contributed by atoms with E-state index in [0.29, 0.717) is 5.92 Å². The minimum Gasteiger partial charge on any atom is -0.478 e. The number of hydrogen-bond acceptors (Lipinski definition) is 2. The summed E-state index contributed by atoms with van der Waals surface area (Å²) in [5.41, 5.74) is 3.49. The summed E-state index contributed by atoms with van der Waals surface area (Å²) >= 11 is 0. The Morgan fingerprint density at radius 1 is 1.48 bits per heavy atom. The predicted octanol–water partition coefficient (Wildman–Crippen LogP) is 4.49. The van der Waals surface area contributed by atoms with Crippen LogP contribution in [0.2, 0.25) is 0 Å². The molecule has 23 heavy (non-hydrogen) atoms. The maximum Gasteiger partial charge on any atom is 0.328 e. The first-order valence-electron chi connectivity index (χ1n) is 8.55. The number of aliphatic hydroxyl groups excluding tert-OH is 1. The molecule has 0 aromatic carbocycles. The highest BCUT2D eigenvalue weighted by Gasteiger charge is 2.52. The zero-order valence-corrected chi connectivity index (χ0v) is 14.9. The third-order valence-corrected chi connectivity index (χ3v) is 6.52. The minimum absolute atomic E-state index is 0.0584. The van der Waals surface area contributed by atoms with Gasteiger partial charge in [0.05, 0.1) is 6.10 Å². The molecule has 3 heteroatoms. The second kappa shape index (κ2) is 6.27. The third-order valence-electron chi connectivity index (χ3n) is 6.52. The number of aliphatic hydroxyl groups is 1. The van der Waals surface area contributed by atoms with Gasteiger partial charge in [-0.15, -0.1) is 0 Å². The van der Waals surface area contributed by atoms with Crippen molar-refractivity contribution in [2.75, 3.05) is 0 Å². The Bertz CT molecular complexity index is 571. The van der Waals surface area contributed by atoms with Crippen LogP contribution in [0.25, 0.3) is 0 Å². The van der Waals surface area contributed by atoms with E-state index in [0.717, 1.165) is 37.7 Å². The van der Waals surface area contributed by atoms with E-state index in [9.17, 15) is 9.90 Å². The lowest BCUT2D eigenvalue weighted by Crippen LogP contribution is -2.49. The van der Waals surface area contributed by atoms with Crippen molar-refractivity contribution in [3.63, 3.8) is 0 Å². The molecule has 0 spiro atoms. The molecule has 2 N–H and O–H groups in total. The van der Waals surface area contributed by atoms with Gasteiger partial charge in [-0.1, -0.05) is 43.2 Å². The number of carboxylic acids is 1. The van der Waals surface area contributed by atoms with E-state index in [1.54, 1.807) is 0 Å². The zero-order valence-electron chi connectivity index (χ0n) is 14.9. The molecule has 1 fully saturated rings. The fraction of sp³-hybridized carbons (Fsp3) is 0.650. The van der Waals surface area contributed by atoms with Crippen LogP contribution in [0.4, 0.5) is 0 Å². The lowest BCUT2D eigenvalue weighted by molar-refractivity contribution is -0.131. The van der Waals surface area contributed by atoms with Gasteiger partial charge in [-0.3, -0.25) is 0 Å². The highest BCUT2D eigenvalue weighted by atomic mass is 16.4. The number of carboxylic acid groups (broad SMARTS) is 1. The van der Waals surface area contributed by atoms with Gasteiger partial charge in [0.2, 0.25) is 0 Å². The summed E-state index contributed by atoms with van der Waals surface area (Å²) in [5, 5.41) is 19.2. The Morgan fingerprint density at radius 2 is 2.13 bits per heavy atom. The Kier molecular flexibility index (Phi) is 4.91. The third kappa shape index (κ3) is 3.30. The van der Waals surface area contributed by atoms with Gasteiger partial charge >= 0.3 is 5.97 Å². The Hall–Kier alpha value is -1.35. The second-order valence-electron chi connectivity index (χ2n) is 7.97. The number of hydrogen-bond donors (Lipinski definition) is 2. The average molecular weight is 318 g/mol. The molecule has 0 bridgehead atoms. The Morgan fingerprint density at radius 3 is 2.74 bits per heavy atom. The van der Waals surface area contributed by atoms with E-state index in [1.165, 1.54) is 17.2 Å². The van der Waals surface area contributed by atoms with Crippen LogP contribution < -0.4 is 0 Å². The van der Waals surface area contributed by atoms with Crippen molar-refractivity contribution in [2.24, 2.45) is 16.7 Å². The van der Waals surface area contributed by atoms with E-state index in [4.69, 9.17) is 5.11 Å². The number of allylic oxidation sites excluding steroid dienone is 3. The first-order chi connectivity index (χ1) is 10.6. The van der Waals surface area contributed by atoms with Gasteiger partial charge in [0.1, 0.15) is 0 Å². The molecule has 2 aliphatic rings. The van der Waals surface area contributed by atoms with Gasteiger partial charge in [-0.2, -0.15) is 0 Å². The smallest absolute Gasteiger partial charge is 0.328 e. The molecule has 0 saturated heterocycles. The van der Waals surface area contributed by atoms with Gasteiger partial charge in [-0.05, 0) is 62.7 Å². The van der Waals surface area contributed by atoms with Crippen molar-refractivity contribution < 1.29 is 15.0 Å². The molecule has 0 aromatic rings. The first-order valence-corrected chi connectivity index (χ1v) is 8.55. The molecule has 0 amide bonds. The van der Waals surface area contributed by atoms with Crippen LogP contribution in [0.1, 0.15) is 59.8 Å². The van der Waals surface area contributed by atoms with Crippen molar-refractivity contribution in [3.05, 3.63) is 35.5 Å². The number of aliphatic carboxylic acids is 1. The summed E-state index contributed by atoms with van der Waals surface area (Å²) in [7, 11) is 0. The minimum atomic E-state index is -0.883. The fourth-order valence-corrected chi connectivity index (χ4v) is 4.69. The van der Waals surface area contributed by atoms with E-state index < -0.39 is 5.97 Å². The number of rotatable bonds is 4. The van der Waals surface area contributed by atoms with Crippen LogP contribution in [-0.2, 0) is 4.79 Å². The molecule has 0 unspecified atom stereocenters. The molecule has 0 heterocycles. The predicted molar refractivity (Wildman–Crippen MR) is 93.1 cm³/mol. The summed E-state index contributed by atoms with van der Waals surface area (Å²) in [6.45, 7) is 12.9. The maximum absolute atomic E-state index is 10.8. The lowest BCUT2D eigenvalue weighted by Gasteiger charge is -2.56. The molecular weight excluding hydrogens is 288 g/mol. The monoisotopic (exact) mass is 318 g/mol. The molecule has 0 aliphatic heterocycles. The van der Waals surface area contributed by atoms with Crippen molar-refractivity contribution in [3.8, 4) is 0 Å². The van der Waals surface area contributed by atoms with Gasteiger partial charge in [0, 0.05) is 6.08 Å². The molecule has 2 aliphatic carbocycles. The molecular formula is C20H30O3. The van der Waals surface area contributed by atoms with E-state index in [2.05, 4.69) is 27.4 Å². The molecule has 3 nitrogen and oxygen atoms in total. The molecule has 0 aromatic heterocycles. The second-order valence-corrected chi connectivity index (χ2v) is 7.97. The standard InChI is InChI=1S/C20H30O3/c1-13(10-18(22)23)6-8-19(4)14(2)7-9-20(5)15(3)11-16(21)12-17(19)20/h10-11,16-17,21H,2,6-9,12H2,1,3-5H3,(H,22,23)/b13-10+/t16-,17+,19-,20+/m0/s1. The fourth-order valence-electron chi connectivity index (χ4n) is 4.69. The van der Waals surface area contributed by atoms with Crippen LogP contribution >= 0.6 is 0 Å². The van der Waals surface area contributed by atoms with Crippen molar-refractivity contribution in [1.82, 2.24) is 0 Å². The molecule has 128 valence electrons. The summed E-state index contributed by atoms with van der Waals surface area (Å²) < 4.78 is 0. The summed E-state index contributed by atoms with van der Waals surface area (Å²) in [4.78, 5) is 10.8. The Labute approximate surface area is 139 Å². The van der Waals surface area contributed by atoms with Crippen LogP contribution in [-0.4, -0.2) is 22.3 Å². The van der Waals surface area contributed by atoms with E-state index in [-0.39, 0.29) is 16.9 Å². The highest BCUT2D eigenvalue weighted by molar-refractivity contribution is 5.80. The maximum atomic E-state index is 10.8. The van der Waals surface area contributed by atoms with Crippen LogP contribution in [0, 0.1) is 16.7 Å². The SMILES string of the molecule is C=C1CC[C@]2(C)C(C)=C[C@H](O)C[C@@H]2[C@@]1(C)CC/C(C)=C/C(=O)O. The number of carbonyl (C=O) groups is 1. The molecule has 0 radical (unpaired) electrons.